The monoisotopic (exact) mass is 379 g/mol. The van der Waals surface area contributed by atoms with E-state index < -0.39 is 0 Å². The van der Waals surface area contributed by atoms with E-state index in [4.69, 9.17) is 4.74 Å². The molecule has 1 saturated heterocycles. The van der Waals surface area contributed by atoms with Crippen molar-refractivity contribution in [2.75, 3.05) is 13.7 Å². The summed E-state index contributed by atoms with van der Waals surface area (Å²) in [5.41, 5.74) is 2.97. The maximum absolute atomic E-state index is 12.9. The zero-order valence-electron chi connectivity index (χ0n) is 15.2. The summed E-state index contributed by atoms with van der Waals surface area (Å²) in [6.07, 6.45) is 5.90. The number of thiazole rings is 1. The molecule has 0 aliphatic carbocycles. The van der Waals surface area contributed by atoms with Crippen molar-refractivity contribution in [3.63, 3.8) is 0 Å². The number of carbonyl (C=O) groups excluding carboxylic acids is 1. The van der Waals surface area contributed by atoms with Crippen molar-refractivity contribution in [1.29, 1.82) is 0 Å². The molecule has 2 aromatic heterocycles. The summed E-state index contributed by atoms with van der Waals surface area (Å²) in [6, 6.07) is 12.0. The Balaban J connectivity index is 1.46. The molecule has 138 valence electrons. The van der Waals surface area contributed by atoms with Crippen LogP contribution in [0.2, 0.25) is 0 Å². The number of rotatable bonds is 5. The third kappa shape index (κ3) is 3.85. The zero-order valence-corrected chi connectivity index (χ0v) is 16.0. The van der Waals surface area contributed by atoms with E-state index in [0.29, 0.717) is 6.42 Å². The first-order valence-electron chi connectivity index (χ1n) is 9.03. The van der Waals surface area contributed by atoms with Crippen molar-refractivity contribution in [2.45, 2.75) is 25.3 Å². The lowest BCUT2D eigenvalue weighted by Gasteiger charge is -2.25. The van der Waals surface area contributed by atoms with Gasteiger partial charge in [0.1, 0.15) is 10.8 Å². The second-order valence-electron chi connectivity index (χ2n) is 6.58. The van der Waals surface area contributed by atoms with Crippen LogP contribution in [0.4, 0.5) is 0 Å². The van der Waals surface area contributed by atoms with Crippen molar-refractivity contribution in [3.05, 3.63) is 65.4 Å². The highest BCUT2D eigenvalue weighted by Gasteiger charge is 2.30. The predicted molar refractivity (Wildman–Crippen MR) is 106 cm³/mol. The third-order valence-corrected chi connectivity index (χ3v) is 5.81. The molecule has 1 aliphatic heterocycles. The molecule has 1 unspecified atom stereocenters. The van der Waals surface area contributed by atoms with E-state index in [2.05, 4.69) is 22.1 Å². The largest absolute Gasteiger partial charge is 0.497 e. The number of likely N-dealkylation sites (tertiary alicyclic amines) is 1. The molecule has 0 bridgehead atoms. The van der Waals surface area contributed by atoms with E-state index >= 15 is 0 Å². The number of carbonyl (C=O) groups is 1. The Kier molecular flexibility index (Phi) is 5.16. The van der Waals surface area contributed by atoms with Gasteiger partial charge < -0.3 is 9.64 Å². The van der Waals surface area contributed by atoms with Crippen molar-refractivity contribution < 1.29 is 9.53 Å². The van der Waals surface area contributed by atoms with Crippen LogP contribution in [0.5, 0.6) is 5.75 Å². The summed E-state index contributed by atoms with van der Waals surface area (Å²) in [5, 5.41) is 2.87. The van der Waals surface area contributed by atoms with Gasteiger partial charge in [-0.2, -0.15) is 0 Å². The molecule has 1 aliphatic rings. The normalized spacial score (nSPS) is 16.5. The summed E-state index contributed by atoms with van der Waals surface area (Å²) >= 11 is 1.55. The number of hydrogen-bond acceptors (Lipinski definition) is 5. The zero-order chi connectivity index (χ0) is 18.6. The molecule has 1 fully saturated rings. The molecule has 4 rings (SSSR count). The maximum atomic E-state index is 12.9. The number of ether oxygens (including phenoxy) is 1. The molecule has 5 nitrogen and oxygen atoms in total. The first-order chi connectivity index (χ1) is 13.2. The number of nitrogens with zero attached hydrogens (tertiary/aromatic N) is 3. The number of pyridine rings is 1. The summed E-state index contributed by atoms with van der Waals surface area (Å²) in [7, 11) is 1.66. The highest BCUT2D eigenvalue weighted by Crippen LogP contribution is 2.33. The molecular formula is C21H21N3O2S. The van der Waals surface area contributed by atoms with Gasteiger partial charge in [-0.15, -0.1) is 11.3 Å². The predicted octanol–water partition coefficient (Wildman–Crippen LogP) is 4.12. The summed E-state index contributed by atoms with van der Waals surface area (Å²) in [5.74, 6) is 0.969. The van der Waals surface area contributed by atoms with Gasteiger partial charge in [-0.1, -0.05) is 12.1 Å². The second-order valence-corrected chi connectivity index (χ2v) is 7.44. The fourth-order valence-corrected chi connectivity index (χ4v) is 4.31. The number of hydrogen-bond donors (Lipinski definition) is 0. The number of amides is 1. The summed E-state index contributed by atoms with van der Waals surface area (Å²) in [4.78, 5) is 23.7. The lowest BCUT2D eigenvalue weighted by atomic mass is 10.0. The fourth-order valence-electron chi connectivity index (χ4n) is 3.50. The van der Waals surface area contributed by atoms with Crippen LogP contribution in [0, 0.1) is 0 Å². The Labute approximate surface area is 162 Å². The molecule has 0 saturated carbocycles. The van der Waals surface area contributed by atoms with E-state index in [1.165, 1.54) is 0 Å². The lowest BCUT2D eigenvalue weighted by Crippen LogP contribution is -2.31. The van der Waals surface area contributed by atoms with Crippen LogP contribution in [0.3, 0.4) is 0 Å². The minimum atomic E-state index is 0.136. The average molecular weight is 379 g/mol. The first kappa shape index (κ1) is 17.7. The molecular weight excluding hydrogens is 358 g/mol. The lowest BCUT2D eigenvalue weighted by molar-refractivity contribution is -0.131. The molecule has 1 amide bonds. The van der Waals surface area contributed by atoms with Crippen LogP contribution in [-0.2, 0) is 11.2 Å². The Morgan fingerprint density at radius 2 is 2.15 bits per heavy atom. The third-order valence-electron chi connectivity index (χ3n) is 4.87. The Bertz CT molecular complexity index is 909. The van der Waals surface area contributed by atoms with Crippen LogP contribution >= 0.6 is 11.3 Å². The number of benzene rings is 1. The minimum absolute atomic E-state index is 0.136. The smallest absolute Gasteiger partial charge is 0.229 e. The SMILES string of the molecule is COc1ccc(C2CCCN2C(=O)Cc2csc(-c3cccnc3)n2)cc1. The van der Waals surface area contributed by atoms with E-state index in [-0.39, 0.29) is 11.9 Å². The van der Waals surface area contributed by atoms with Gasteiger partial charge in [0, 0.05) is 29.9 Å². The molecule has 1 aromatic carbocycles. The van der Waals surface area contributed by atoms with Crippen LogP contribution in [0.1, 0.15) is 30.1 Å². The average Bonchev–Trinajstić information content (AvgIpc) is 3.38. The molecule has 1 atom stereocenters. The highest BCUT2D eigenvalue weighted by atomic mass is 32.1. The Morgan fingerprint density at radius 3 is 2.89 bits per heavy atom. The van der Waals surface area contributed by atoms with Gasteiger partial charge in [0.15, 0.2) is 0 Å². The first-order valence-corrected chi connectivity index (χ1v) is 9.91. The topological polar surface area (TPSA) is 55.3 Å². The van der Waals surface area contributed by atoms with Crippen LogP contribution in [0.15, 0.2) is 54.2 Å². The van der Waals surface area contributed by atoms with Crippen molar-refractivity contribution in [1.82, 2.24) is 14.9 Å². The maximum Gasteiger partial charge on any atom is 0.229 e. The molecule has 3 heterocycles. The van der Waals surface area contributed by atoms with Crippen LogP contribution in [0.25, 0.3) is 10.6 Å². The van der Waals surface area contributed by atoms with Gasteiger partial charge in [0.2, 0.25) is 5.91 Å². The van der Waals surface area contributed by atoms with E-state index in [1.807, 2.05) is 34.5 Å². The van der Waals surface area contributed by atoms with Gasteiger partial charge in [0.25, 0.3) is 0 Å². The number of aromatic nitrogens is 2. The molecule has 6 heteroatoms. The van der Waals surface area contributed by atoms with E-state index in [1.54, 1.807) is 30.8 Å². The Morgan fingerprint density at radius 1 is 1.30 bits per heavy atom. The number of methoxy groups -OCH3 is 1. The summed E-state index contributed by atoms with van der Waals surface area (Å²) in [6.45, 7) is 0.801. The molecule has 27 heavy (non-hydrogen) atoms. The van der Waals surface area contributed by atoms with Gasteiger partial charge in [-0.05, 0) is 42.7 Å². The van der Waals surface area contributed by atoms with Gasteiger partial charge in [-0.3, -0.25) is 9.78 Å². The molecule has 0 radical (unpaired) electrons. The second kappa shape index (κ2) is 7.88. The van der Waals surface area contributed by atoms with E-state index in [9.17, 15) is 4.79 Å². The van der Waals surface area contributed by atoms with Gasteiger partial charge in [-0.25, -0.2) is 4.98 Å². The van der Waals surface area contributed by atoms with Crippen molar-refractivity contribution >= 4 is 17.2 Å². The Hall–Kier alpha value is -2.73. The minimum Gasteiger partial charge on any atom is -0.497 e. The highest BCUT2D eigenvalue weighted by molar-refractivity contribution is 7.13. The van der Waals surface area contributed by atoms with Crippen LogP contribution < -0.4 is 4.74 Å². The summed E-state index contributed by atoms with van der Waals surface area (Å²) < 4.78 is 5.23. The fraction of sp³-hybridized carbons (Fsp3) is 0.286. The van der Waals surface area contributed by atoms with Crippen molar-refractivity contribution in [2.24, 2.45) is 0 Å². The molecule has 0 spiro atoms. The quantitative estimate of drug-likeness (QED) is 0.669. The molecule has 3 aromatic rings. The van der Waals surface area contributed by atoms with Gasteiger partial charge in [0.05, 0.1) is 25.3 Å². The van der Waals surface area contributed by atoms with Gasteiger partial charge >= 0.3 is 0 Å². The van der Waals surface area contributed by atoms with Crippen LogP contribution in [-0.4, -0.2) is 34.4 Å². The standard InChI is InChI=1S/C21H21N3O2S/c1-26-18-8-6-15(7-9-18)19-5-3-11-24(19)20(25)12-17-14-27-21(23-17)16-4-2-10-22-13-16/h2,4,6-10,13-14,19H,3,5,11-12H2,1H3. The van der Waals surface area contributed by atoms with Crippen molar-refractivity contribution in [3.8, 4) is 16.3 Å². The molecule has 0 N–H and O–H groups in total. The van der Waals surface area contributed by atoms with E-state index in [0.717, 1.165) is 47.0 Å².